The molecule has 1 aromatic heterocycles. The molecule has 0 saturated heterocycles. The molecular weight excluding hydrogens is 164 g/mol. The highest BCUT2D eigenvalue weighted by molar-refractivity contribution is 5.42. The molecule has 0 radical (unpaired) electrons. The van der Waals surface area contributed by atoms with Crippen LogP contribution in [0.5, 0.6) is 5.75 Å². The number of nitrogens with zero attached hydrogens (tertiary/aromatic N) is 1. The van der Waals surface area contributed by atoms with Gasteiger partial charge in [0.15, 0.2) is 0 Å². The van der Waals surface area contributed by atoms with Crippen LogP contribution in [0.2, 0.25) is 0 Å². The van der Waals surface area contributed by atoms with Gasteiger partial charge < -0.3 is 10.5 Å². The summed E-state index contributed by atoms with van der Waals surface area (Å²) >= 11 is 0. The van der Waals surface area contributed by atoms with E-state index in [0.29, 0.717) is 6.54 Å². The molecule has 0 bridgehead atoms. The highest BCUT2D eigenvalue weighted by atomic mass is 16.5. The van der Waals surface area contributed by atoms with Crippen LogP contribution in [0.15, 0.2) is 12.3 Å². The molecule has 0 spiro atoms. The number of hydrogen-bond donors (Lipinski definition) is 1. The summed E-state index contributed by atoms with van der Waals surface area (Å²) in [5.41, 5.74) is 7.84. The van der Waals surface area contributed by atoms with Crippen LogP contribution >= 0.6 is 0 Å². The Morgan fingerprint density at radius 2 is 2.38 bits per heavy atom. The SMILES string of the molecule is Cc1ccnc2c1O[C@H](C)[C@H]2CN. The summed E-state index contributed by atoms with van der Waals surface area (Å²) in [4.78, 5) is 4.32. The number of pyridine rings is 1. The van der Waals surface area contributed by atoms with Gasteiger partial charge >= 0.3 is 0 Å². The van der Waals surface area contributed by atoms with Gasteiger partial charge in [-0.1, -0.05) is 0 Å². The number of rotatable bonds is 1. The van der Waals surface area contributed by atoms with Crippen LogP contribution in [0, 0.1) is 6.92 Å². The highest BCUT2D eigenvalue weighted by Crippen LogP contribution is 2.37. The summed E-state index contributed by atoms with van der Waals surface area (Å²) in [6.45, 7) is 4.68. The molecule has 2 N–H and O–H groups in total. The van der Waals surface area contributed by atoms with Gasteiger partial charge in [-0.25, -0.2) is 0 Å². The van der Waals surface area contributed by atoms with E-state index in [2.05, 4.69) is 4.98 Å². The Morgan fingerprint density at radius 1 is 1.62 bits per heavy atom. The van der Waals surface area contributed by atoms with E-state index >= 15 is 0 Å². The Kier molecular flexibility index (Phi) is 1.96. The Balaban J connectivity index is 2.48. The van der Waals surface area contributed by atoms with Gasteiger partial charge in [0.05, 0.1) is 11.6 Å². The summed E-state index contributed by atoms with van der Waals surface area (Å²) in [6, 6.07) is 1.96. The van der Waals surface area contributed by atoms with Gasteiger partial charge in [-0.05, 0) is 25.5 Å². The zero-order valence-electron chi connectivity index (χ0n) is 7.95. The first-order valence-corrected chi connectivity index (χ1v) is 4.56. The van der Waals surface area contributed by atoms with Crippen molar-refractivity contribution in [2.24, 2.45) is 5.73 Å². The third-order valence-electron chi connectivity index (χ3n) is 2.60. The van der Waals surface area contributed by atoms with Crippen LogP contribution in [0.3, 0.4) is 0 Å². The first-order valence-electron chi connectivity index (χ1n) is 4.56. The van der Waals surface area contributed by atoms with Crippen LogP contribution in [0.25, 0.3) is 0 Å². The van der Waals surface area contributed by atoms with Crippen molar-refractivity contribution in [3.05, 3.63) is 23.5 Å². The van der Waals surface area contributed by atoms with E-state index in [1.54, 1.807) is 0 Å². The second-order valence-electron chi connectivity index (χ2n) is 3.51. The van der Waals surface area contributed by atoms with E-state index < -0.39 is 0 Å². The fourth-order valence-electron chi connectivity index (χ4n) is 1.78. The molecule has 0 aromatic carbocycles. The zero-order chi connectivity index (χ0) is 9.42. The number of hydrogen-bond acceptors (Lipinski definition) is 3. The average Bonchev–Trinajstić information content (AvgIpc) is 2.43. The van der Waals surface area contributed by atoms with Crippen LogP contribution < -0.4 is 10.5 Å². The molecule has 3 nitrogen and oxygen atoms in total. The standard InChI is InChI=1S/C10H14N2O/c1-6-3-4-12-9-8(5-11)7(2)13-10(6)9/h3-4,7-8H,5,11H2,1-2H3/t7-,8-/m1/s1. The lowest BCUT2D eigenvalue weighted by Crippen LogP contribution is -2.22. The van der Waals surface area contributed by atoms with Crippen molar-refractivity contribution in [1.29, 1.82) is 0 Å². The molecule has 70 valence electrons. The van der Waals surface area contributed by atoms with Gasteiger partial charge in [-0.15, -0.1) is 0 Å². The van der Waals surface area contributed by atoms with Crippen molar-refractivity contribution < 1.29 is 4.74 Å². The molecule has 1 aromatic rings. The van der Waals surface area contributed by atoms with Crippen LogP contribution in [-0.2, 0) is 0 Å². The lowest BCUT2D eigenvalue weighted by Gasteiger charge is -2.10. The van der Waals surface area contributed by atoms with Gasteiger partial charge in [-0.3, -0.25) is 4.98 Å². The second-order valence-corrected chi connectivity index (χ2v) is 3.51. The lowest BCUT2D eigenvalue weighted by molar-refractivity contribution is 0.227. The monoisotopic (exact) mass is 178 g/mol. The number of fused-ring (bicyclic) bond motifs is 1. The molecule has 3 heteroatoms. The second kappa shape index (κ2) is 3.00. The molecule has 0 saturated carbocycles. The van der Waals surface area contributed by atoms with Gasteiger partial charge in [0.1, 0.15) is 11.9 Å². The van der Waals surface area contributed by atoms with Crippen molar-refractivity contribution >= 4 is 0 Å². The first-order chi connectivity index (χ1) is 6.24. The molecule has 1 aliphatic heterocycles. The summed E-state index contributed by atoms with van der Waals surface area (Å²) in [5, 5.41) is 0. The number of nitrogens with two attached hydrogens (primary N) is 1. The van der Waals surface area contributed by atoms with E-state index in [0.717, 1.165) is 17.0 Å². The predicted octanol–water partition coefficient (Wildman–Crippen LogP) is 1.21. The molecule has 0 aliphatic carbocycles. The fraction of sp³-hybridized carbons (Fsp3) is 0.500. The maximum atomic E-state index is 5.70. The van der Waals surface area contributed by atoms with E-state index in [1.807, 2.05) is 26.1 Å². The largest absolute Gasteiger partial charge is 0.488 e. The minimum Gasteiger partial charge on any atom is -0.488 e. The lowest BCUT2D eigenvalue weighted by atomic mass is 10.0. The maximum Gasteiger partial charge on any atom is 0.144 e. The van der Waals surface area contributed by atoms with Crippen molar-refractivity contribution in [2.75, 3.05) is 6.54 Å². The van der Waals surface area contributed by atoms with Gasteiger partial charge in [0.25, 0.3) is 0 Å². The Morgan fingerprint density at radius 3 is 3.08 bits per heavy atom. The van der Waals surface area contributed by atoms with E-state index in [1.165, 1.54) is 0 Å². The normalized spacial score (nSPS) is 25.5. The smallest absolute Gasteiger partial charge is 0.144 e. The molecule has 2 atom stereocenters. The van der Waals surface area contributed by atoms with Gasteiger partial charge in [0.2, 0.25) is 0 Å². The highest BCUT2D eigenvalue weighted by Gasteiger charge is 2.32. The summed E-state index contributed by atoms with van der Waals surface area (Å²) in [6.07, 6.45) is 1.98. The van der Waals surface area contributed by atoms with Crippen molar-refractivity contribution in [3.63, 3.8) is 0 Å². The number of aryl methyl sites for hydroxylation is 1. The Hall–Kier alpha value is -1.09. The summed E-state index contributed by atoms with van der Waals surface area (Å²) < 4.78 is 5.70. The van der Waals surface area contributed by atoms with Crippen LogP contribution in [0.1, 0.15) is 24.1 Å². The Bertz CT molecular complexity index is 325. The molecule has 0 unspecified atom stereocenters. The molecule has 1 aliphatic rings. The zero-order valence-corrected chi connectivity index (χ0v) is 7.95. The maximum absolute atomic E-state index is 5.70. The van der Waals surface area contributed by atoms with Crippen molar-refractivity contribution in [1.82, 2.24) is 4.98 Å². The molecule has 0 amide bonds. The van der Waals surface area contributed by atoms with E-state index in [4.69, 9.17) is 10.5 Å². The third kappa shape index (κ3) is 1.20. The van der Waals surface area contributed by atoms with Gasteiger partial charge in [-0.2, -0.15) is 0 Å². The summed E-state index contributed by atoms with van der Waals surface area (Å²) in [5.74, 6) is 1.19. The van der Waals surface area contributed by atoms with Crippen LogP contribution in [0.4, 0.5) is 0 Å². The molecule has 0 fully saturated rings. The fourth-order valence-corrected chi connectivity index (χ4v) is 1.78. The van der Waals surface area contributed by atoms with E-state index in [-0.39, 0.29) is 12.0 Å². The quantitative estimate of drug-likeness (QED) is 0.703. The van der Waals surface area contributed by atoms with Crippen molar-refractivity contribution in [2.45, 2.75) is 25.9 Å². The average molecular weight is 178 g/mol. The Labute approximate surface area is 77.9 Å². The summed E-state index contributed by atoms with van der Waals surface area (Å²) in [7, 11) is 0. The third-order valence-corrected chi connectivity index (χ3v) is 2.60. The van der Waals surface area contributed by atoms with Gasteiger partial charge in [0, 0.05) is 12.7 Å². The van der Waals surface area contributed by atoms with E-state index in [9.17, 15) is 0 Å². The minimum atomic E-state index is 0.161. The number of aromatic nitrogens is 1. The first kappa shape index (κ1) is 8.51. The predicted molar refractivity (Wildman–Crippen MR) is 50.9 cm³/mol. The minimum absolute atomic E-state index is 0.161. The van der Waals surface area contributed by atoms with Crippen LogP contribution in [-0.4, -0.2) is 17.6 Å². The number of ether oxygens (including phenoxy) is 1. The topological polar surface area (TPSA) is 48.1 Å². The molecule has 2 heterocycles. The molecular formula is C10H14N2O. The molecule has 2 rings (SSSR count). The molecule has 13 heavy (non-hydrogen) atoms. The van der Waals surface area contributed by atoms with Crippen molar-refractivity contribution in [3.8, 4) is 5.75 Å².